The predicted molar refractivity (Wildman–Crippen MR) is 68.7 cm³/mol. The molecule has 0 bridgehead atoms. The highest BCUT2D eigenvalue weighted by molar-refractivity contribution is 6.42. The van der Waals surface area contributed by atoms with Crippen LogP contribution in [0.3, 0.4) is 0 Å². The Hall–Kier alpha value is -0.220. The van der Waals surface area contributed by atoms with E-state index in [2.05, 4.69) is 10.3 Å². The van der Waals surface area contributed by atoms with Crippen molar-refractivity contribution in [1.82, 2.24) is 4.98 Å². The summed E-state index contributed by atoms with van der Waals surface area (Å²) in [7, 11) is 0. The van der Waals surface area contributed by atoms with E-state index in [9.17, 15) is 0 Å². The second kappa shape index (κ2) is 7.17. The molecule has 0 atom stereocenters. The van der Waals surface area contributed by atoms with Crippen molar-refractivity contribution in [3.63, 3.8) is 0 Å². The molecule has 2 N–H and O–H groups in total. The largest absolute Gasteiger partial charge is 0.396 e. The fourth-order valence-corrected chi connectivity index (χ4v) is 1.75. The lowest BCUT2D eigenvalue weighted by molar-refractivity contribution is 0.283. The van der Waals surface area contributed by atoms with Crippen LogP contribution in [-0.2, 0) is 0 Å². The van der Waals surface area contributed by atoms with Crippen molar-refractivity contribution in [2.45, 2.75) is 19.3 Å². The molecule has 0 aromatic carbocycles. The molecule has 1 aromatic heterocycles. The average Bonchev–Trinajstić information content (AvgIpc) is 2.25. The van der Waals surface area contributed by atoms with Gasteiger partial charge in [-0.05, 0) is 25.3 Å². The summed E-state index contributed by atoms with van der Waals surface area (Å²) in [5, 5.41) is 12.7. The first-order chi connectivity index (χ1) is 7.65. The number of hydrogen-bond acceptors (Lipinski definition) is 3. The van der Waals surface area contributed by atoms with E-state index < -0.39 is 0 Å². The Kier molecular flexibility index (Phi) is 6.21. The van der Waals surface area contributed by atoms with Gasteiger partial charge in [-0.15, -0.1) is 0 Å². The molecule has 0 saturated carbocycles. The first-order valence-electron chi connectivity index (χ1n) is 5.01. The van der Waals surface area contributed by atoms with Gasteiger partial charge < -0.3 is 10.4 Å². The first kappa shape index (κ1) is 13.8. The standard InChI is InChI=1S/C10H13Cl3N2O/c11-7-6-8(12)10(15-9(7)13)14-4-2-1-3-5-16/h6,16H,1-5H2,(H,14,15). The highest BCUT2D eigenvalue weighted by Crippen LogP contribution is 2.28. The Balaban J connectivity index is 2.45. The summed E-state index contributed by atoms with van der Waals surface area (Å²) in [6, 6.07) is 1.56. The van der Waals surface area contributed by atoms with Crippen LogP contribution in [0.1, 0.15) is 19.3 Å². The van der Waals surface area contributed by atoms with Gasteiger partial charge in [0.25, 0.3) is 0 Å². The highest BCUT2D eigenvalue weighted by Gasteiger charge is 2.06. The number of aromatic nitrogens is 1. The summed E-state index contributed by atoms with van der Waals surface area (Å²) < 4.78 is 0. The lowest BCUT2D eigenvalue weighted by Crippen LogP contribution is -2.04. The smallest absolute Gasteiger partial charge is 0.150 e. The minimum absolute atomic E-state index is 0.228. The van der Waals surface area contributed by atoms with Crippen LogP contribution in [0.25, 0.3) is 0 Å². The first-order valence-corrected chi connectivity index (χ1v) is 6.15. The molecule has 0 radical (unpaired) electrons. The molecule has 0 amide bonds. The summed E-state index contributed by atoms with van der Waals surface area (Å²) in [5.74, 6) is 0.542. The minimum atomic E-state index is 0.228. The van der Waals surface area contributed by atoms with Gasteiger partial charge in [0.15, 0.2) is 0 Å². The maximum Gasteiger partial charge on any atom is 0.150 e. The van der Waals surface area contributed by atoms with E-state index in [1.54, 1.807) is 6.07 Å². The third kappa shape index (κ3) is 4.34. The van der Waals surface area contributed by atoms with Crippen molar-refractivity contribution < 1.29 is 5.11 Å². The number of nitrogens with one attached hydrogen (secondary N) is 1. The second-order valence-corrected chi connectivity index (χ2v) is 4.47. The maximum atomic E-state index is 8.61. The number of aliphatic hydroxyl groups is 1. The van der Waals surface area contributed by atoms with Gasteiger partial charge in [0.2, 0.25) is 0 Å². The number of pyridine rings is 1. The van der Waals surface area contributed by atoms with Gasteiger partial charge in [0.05, 0.1) is 10.0 Å². The molecule has 1 rings (SSSR count). The molecule has 0 aliphatic carbocycles. The summed E-state index contributed by atoms with van der Waals surface area (Å²) in [5.41, 5.74) is 0. The Morgan fingerprint density at radius 2 is 1.88 bits per heavy atom. The van der Waals surface area contributed by atoms with E-state index in [0.29, 0.717) is 15.9 Å². The third-order valence-corrected chi connectivity index (χ3v) is 2.98. The number of aliphatic hydroxyl groups excluding tert-OH is 1. The second-order valence-electron chi connectivity index (χ2n) is 3.30. The Bertz CT molecular complexity index is 347. The molecule has 0 aliphatic heterocycles. The van der Waals surface area contributed by atoms with E-state index in [4.69, 9.17) is 39.9 Å². The SMILES string of the molecule is OCCCCCNc1nc(Cl)c(Cl)cc1Cl. The number of anilines is 1. The van der Waals surface area contributed by atoms with Crippen molar-refractivity contribution in [1.29, 1.82) is 0 Å². The zero-order chi connectivity index (χ0) is 12.0. The summed E-state index contributed by atoms with van der Waals surface area (Å²) in [6.07, 6.45) is 2.71. The Morgan fingerprint density at radius 3 is 2.56 bits per heavy atom. The van der Waals surface area contributed by atoms with Crippen LogP contribution in [0.15, 0.2) is 6.07 Å². The van der Waals surface area contributed by atoms with E-state index in [1.165, 1.54) is 0 Å². The van der Waals surface area contributed by atoms with Crippen LogP contribution >= 0.6 is 34.8 Å². The molecule has 6 heteroatoms. The Labute approximate surface area is 110 Å². The normalized spacial score (nSPS) is 10.5. The number of unbranched alkanes of at least 4 members (excludes halogenated alkanes) is 2. The number of rotatable bonds is 6. The predicted octanol–water partition coefficient (Wildman–Crippen LogP) is 3.62. The zero-order valence-electron chi connectivity index (χ0n) is 8.64. The molecule has 0 aliphatic rings. The van der Waals surface area contributed by atoms with Crippen molar-refractivity contribution in [3.05, 3.63) is 21.3 Å². The lowest BCUT2D eigenvalue weighted by Gasteiger charge is -2.08. The van der Waals surface area contributed by atoms with Crippen LogP contribution in [0, 0.1) is 0 Å². The highest BCUT2D eigenvalue weighted by atomic mass is 35.5. The van der Waals surface area contributed by atoms with Gasteiger partial charge in [-0.3, -0.25) is 0 Å². The molecule has 1 heterocycles. The van der Waals surface area contributed by atoms with Gasteiger partial charge in [-0.1, -0.05) is 34.8 Å². The van der Waals surface area contributed by atoms with E-state index in [0.717, 1.165) is 25.8 Å². The lowest BCUT2D eigenvalue weighted by atomic mass is 10.2. The van der Waals surface area contributed by atoms with Gasteiger partial charge >= 0.3 is 0 Å². The number of nitrogens with zero attached hydrogens (tertiary/aromatic N) is 1. The molecule has 0 saturated heterocycles. The van der Waals surface area contributed by atoms with Crippen molar-refractivity contribution in [2.24, 2.45) is 0 Å². The molecule has 0 fully saturated rings. The van der Waals surface area contributed by atoms with Crippen LogP contribution in [0.4, 0.5) is 5.82 Å². The fourth-order valence-electron chi connectivity index (χ4n) is 1.19. The topological polar surface area (TPSA) is 45.1 Å². The zero-order valence-corrected chi connectivity index (χ0v) is 10.9. The van der Waals surface area contributed by atoms with Crippen molar-refractivity contribution in [3.8, 4) is 0 Å². The molecule has 1 aromatic rings. The fraction of sp³-hybridized carbons (Fsp3) is 0.500. The van der Waals surface area contributed by atoms with E-state index in [1.807, 2.05) is 0 Å². The van der Waals surface area contributed by atoms with E-state index >= 15 is 0 Å². The van der Waals surface area contributed by atoms with Crippen LogP contribution < -0.4 is 5.32 Å². The number of halogens is 3. The van der Waals surface area contributed by atoms with Gasteiger partial charge in [-0.2, -0.15) is 0 Å². The van der Waals surface area contributed by atoms with Gasteiger partial charge in [0, 0.05) is 13.2 Å². The van der Waals surface area contributed by atoms with Gasteiger partial charge in [-0.25, -0.2) is 4.98 Å². The molecule has 16 heavy (non-hydrogen) atoms. The van der Waals surface area contributed by atoms with Crippen molar-refractivity contribution >= 4 is 40.6 Å². The molecule has 0 unspecified atom stereocenters. The van der Waals surface area contributed by atoms with Gasteiger partial charge in [0.1, 0.15) is 11.0 Å². The monoisotopic (exact) mass is 282 g/mol. The summed E-state index contributed by atoms with van der Waals surface area (Å²) in [4.78, 5) is 4.03. The summed E-state index contributed by atoms with van der Waals surface area (Å²) >= 11 is 17.5. The Morgan fingerprint density at radius 1 is 1.12 bits per heavy atom. The quantitative estimate of drug-likeness (QED) is 0.619. The number of hydrogen-bond donors (Lipinski definition) is 2. The third-order valence-electron chi connectivity index (χ3n) is 2.01. The minimum Gasteiger partial charge on any atom is -0.396 e. The molecular weight excluding hydrogens is 270 g/mol. The molecule has 90 valence electrons. The summed E-state index contributed by atoms with van der Waals surface area (Å²) in [6.45, 7) is 0.969. The molecule has 3 nitrogen and oxygen atoms in total. The van der Waals surface area contributed by atoms with Crippen LogP contribution in [-0.4, -0.2) is 23.2 Å². The van der Waals surface area contributed by atoms with E-state index in [-0.39, 0.29) is 11.8 Å². The van der Waals surface area contributed by atoms with Crippen LogP contribution in [0.2, 0.25) is 15.2 Å². The van der Waals surface area contributed by atoms with Crippen molar-refractivity contribution in [2.75, 3.05) is 18.5 Å². The molecular formula is C10H13Cl3N2O. The average molecular weight is 284 g/mol. The molecule has 0 spiro atoms. The maximum absolute atomic E-state index is 8.61. The van der Waals surface area contributed by atoms with Crippen LogP contribution in [0.5, 0.6) is 0 Å².